The molecule has 0 N–H and O–H groups in total. The van der Waals surface area contributed by atoms with Gasteiger partial charge in [0.2, 0.25) is 0 Å². The lowest BCUT2D eigenvalue weighted by Crippen LogP contribution is -2.45. The lowest BCUT2D eigenvalue weighted by atomic mass is 9.96. The second-order valence-electron chi connectivity index (χ2n) is 7.25. The van der Waals surface area contributed by atoms with Gasteiger partial charge >= 0.3 is 11.1 Å². The monoisotopic (exact) mass is 336 g/mol. The molecule has 6 nitrogen and oxygen atoms in total. The summed E-state index contributed by atoms with van der Waals surface area (Å²) in [4.78, 5) is 25.1. The number of aryl methyl sites for hydroxylation is 1. The molecule has 2 aromatic rings. The van der Waals surface area contributed by atoms with Gasteiger partial charge < -0.3 is 0 Å². The van der Waals surface area contributed by atoms with E-state index in [1.165, 1.54) is 0 Å². The van der Waals surface area contributed by atoms with Gasteiger partial charge in [0.25, 0.3) is 0 Å². The van der Waals surface area contributed by atoms with Crippen LogP contribution in [0, 0.1) is 35.0 Å². The number of nitriles is 2. The first-order valence-corrected chi connectivity index (χ1v) is 7.91. The van der Waals surface area contributed by atoms with Crippen LogP contribution in [0.15, 0.2) is 33.9 Å². The summed E-state index contributed by atoms with van der Waals surface area (Å²) in [6, 6.07) is 11.3. The molecule has 0 aliphatic heterocycles. The normalized spacial score (nSPS) is 11.0. The number of aromatic nitrogens is 2. The minimum Gasteiger partial charge on any atom is -0.292 e. The molecular formula is C19H20N4O2. The average Bonchev–Trinajstić information content (AvgIpc) is 2.53. The smallest absolute Gasteiger partial charge is 0.292 e. The van der Waals surface area contributed by atoms with E-state index in [-0.39, 0.29) is 29.9 Å². The van der Waals surface area contributed by atoms with Gasteiger partial charge in [-0.15, -0.1) is 0 Å². The number of nitrogens with zero attached hydrogens (tertiary/aromatic N) is 4. The minimum atomic E-state index is -0.790. The minimum absolute atomic E-state index is 0.0731. The van der Waals surface area contributed by atoms with Gasteiger partial charge in [0.1, 0.15) is 12.1 Å². The van der Waals surface area contributed by atoms with Gasteiger partial charge in [-0.2, -0.15) is 10.5 Å². The van der Waals surface area contributed by atoms with Crippen LogP contribution in [0.4, 0.5) is 0 Å². The van der Waals surface area contributed by atoms with E-state index in [1.807, 2.05) is 64.1 Å². The highest BCUT2D eigenvalue weighted by atomic mass is 16.2. The van der Waals surface area contributed by atoms with Crippen LogP contribution in [-0.2, 0) is 13.1 Å². The van der Waals surface area contributed by atoms with Crippen molar-refractivity contribution in [2.24, 2.45) is 5.41 Å². The van der Waals surface area contributed by atoms with E-state index in [2.05, 4.69) is 0 Å². The van der Waals surface area contributed by atoms with Gasteiger partial charge in [0, 0.05) is 6.54 Å². The molecule has 0 radical (unpaired) electrons. The first-order chi connectivity index (χ1) is 11.7. The highest BCUT2D eigenvalue weighted by Crippen LogP contribution is 2.17. The van der Waals surface area contributed by atoms with Crippen LogP contribution in [0.2, 0.25) is 0 Å². The Balaban J connectivity index is 2.73. The molecule has 1 aromatic heterocycles. The number of hydrogen-bond donors (Lipinski definition) is 0. The molecule has 1 aromatic carbocycles. The molecule has 2 rings (SSSR count). The summed E-state index contributed by atoms with van der Waals surface area (Å²) in [5.74, 6) is 0. The fourth-order valence-electron chi connectivity index (χ4n) is 2.69. The van der Waals surface area contributed by atoms with Crippen molar-refractivity contribution in [1.29, 1.82) is 10.5 Å². The molecule has 0 atom stereocenters. The topological polar surface area (TPSA) is 91.6 Å². The summed E-state index contributed by atoms with van der Waals surface area (Å²) in [5.41, 5.74) is -0.259. The van der Waals surface area contributed by atoms with Gasteiger partial charge in [-0.3, -0.25) is 18.7 Å². The highest BCUT2D eigenvalue weighted by molar-refractivity contribution is 5.37. The lowest BCUT2D eigenvalue weighted by Gasteiger charge is -2.22. The Bertz CT molecular complexity index is 1010. The first kappa shape index (κ1) is 18.2. The third-order valence-corrected chi connectivity index (χ3v) is 3.70. The predicted octanol–water partition coefficient (Wildman–Crippen LogP) is 2.16. The van der Waals surface area contributed by atoms with Crippen molar-refractivity contribution in [1.82, 2.24) is 9.13 Å². The van der Waals surface area contributed by atoms with Gasteiger partial charge in [-0.05, 0) is 17.9 Å². The van der Waals surface area contributed by atoms with Crippen LogP contribution in [0.25, 0.3) is 0 Å². The van der Waals surface area contributed by atoms with E-state index >= 15 is 0 Å². The second-order valence-corrected chi connectivity index (χ2v) is 7.25. The van der Waals surface area contributed by atoms with Crippen molar-refractivity contribution < 1.29 is 0 Å². The van der Waals surface area contributed by atoms with E-state index in [9.17, 15) is 20.1 Å². The number of benzene rings is 1. The predicted molar refractivity (Wildman–Crippen MR) is 94.1 cm³/mol. The molecule has 0 fully saturated rings. The standard InChI is InChI=1S/C19H20N4O2/c1-13-6-5-7-14(8-13)11-22-15(9-20)16(10-21)23(12-19(2,3)4)18(25)17(22)24/h5-8H,11-12H2,1-4H3. The number of hydrogen-bond acceptors (Lipinski definition) is 4. The maximum atomic E-state index is 12.6. The zero-order chi connectivity index (χ0) is 18.8. The van der Waals surface area contributed by atoms with Crippen molar-refractivity contribution in [2.75, 3.05) is 0 Å². The number of rotatable bonds is 3. The van der Waals surface area contributed by atoms with Crippen LogP contribution in [0.3, 0.4) is 0 Å². The Morgan fingerprint density at radius 3 is 2.08 bits per heavy atom. The van der Waals surface area contributed by atoms with E-state index in [1.54, 1.807) is 0 Å². The first-order valence-electron chi connectivity index (χ1n) is 7.91. The van der Waals surface area contributed by atoms with Crippen molar-refractivity contribution in [3.63, 3.8) is 0 Å². The SMILES string of the molecule is Cc1cccc(Cn2c(C#N)c(C#N)n(CC(C)(C)C)c(=O)c2=O)c1. The molecule has 0 aliphatic rings. The lowest BCUT2D eigenvalue weighted by molar-refractivity contribution is 0.333. The van der Waals surface area contributed by atoms with Crippen molar-refractivity contribution >= 4 is 0 Å². The zero-order valence-electron chi connectivity index (χ0n) is 14.8. The van der Waals surface area contributed by atoms with E-state index in [0.717, 1.165) is 20.3 Å². The zero-order valence-corrected chi connectivity index (χ0v) is 14.8. The molecular weight excluding hydrogens is 316 g/mol. The summed E-state index contributed by atoms with van der Waals surface area (Å²) < 4.78 is 2.21. The Kier molecular flexibility index (Phi) is 4.94. The molecule has 0 amide bonds. The molecule has 0 saturated carbocycles. The van der Waals surface area contributed by atoms with E-state index in [4.69, 9.17) is 0 Å². The largest absolute Gasteiger partial charge is 0.317 e. The third kappa shape index (κ3) is 3.87. The van der Waals surface area contributed by atoms with Gasteiger partial charge in [0.15, 0.2) is 11.4 Å². The van der Waals surface area contributed by atoms with Crippen LogP contribution < -0.4 is 11.1 Å². The molecule has 0 bridgehead atoms. The molecule has 128 valence electrons. The maximum absolute atomic E-state index is 12.6. The van der Waals surface area contributed by atoms with E-state index in [0.29, 0.717) is 0 Å². The fourth-order valence-corrected chi connectivity index (χ4v) is 2.69. The van der Waals surface area contributed by atoms with Crippen LogP contribution in [0.1, 0.15) is 43.3 Å². The third-order valence-electron chi connectivity index (χ3n) is 3.70. The quantitative estimate of drug-likeness (QED) is 0.803. The van der Waals surface area contributed by atoms with E-state index < -0.39 is 11.1 Å². The van der Waals surface area contributed by atoms with Crippen LogP contribution >= 0.6 is 0 Å². The maximum Gasteiger partial charge on any atom is 0.317 e. The fraction of sp³-hybridized carbons (Fsp3) is 0.368. The summed E-state index contributed by atoms with van der Waals surface area (Å²) in [7, 11) is 0. The van der Waals surface area contributed by atoms with Crippen LogP contribution in [-0.4, -0.2) is 9.13 Å². The Morgan fingerprint density at radius 1 is 1.00 bits per heavy atom. The average molecular weight is 336 g/mol. The Hall–Kier alpha value is -3.12. The van der Waals surface area contributed by atoms with Crippen molar-refractivity contribution in [3.8, 4) is 12.1 Å². The van der Waals surface area contributed by atoms with Gasteiger partial charge in [0.05, 0.1) is 6.54 Å². The van der Waals surface area contributed by atoms with Crippen molar-refractivity contribution in [2.45, 2.75) is 40.8 Å². The molecule has 25 heavy (non-hydrogen) atoms. The molecule has 6 heteroatoms. The Labute approximate surface area is 146 Å². The Morgan fingerprint density at radius 2 is 1.56 bits per heavy atom. The summed E-state index contributed by atoms with van der Waals surface area (Å²) in [5, 5.41) is 19.0. The second kappa shape index (κ2) is 6.78. The van der Waals surface area contributed by atoms with Gasteiger partial charge in [-0.1, -0.05) is 50.6 Å². The molecule has 0 saturated heterocycles. The highest BCUT2D eigenvalue weighted by Gasteiger charge is 2.22. The summed E-state index contributed by atoms with van der Waals surface area (Å²) in [6.07, 6.45) is 0. The summed E-state index contributed by atoms with van der Waals surface area (Å²) in [6.45, 7) is 7.86. The molecule has 0 spiro atoms. The molecule has 0 aliphatic carbocycles. The van der Waals surface area contributed by atoms with Crippen LogP contribution in [0.5, 0.6) is 0 Å². The van der Waals surface area contributed by atoms with Crippen molar-refractivity contribution in [3.05, 3.63) is 67.5 Å². The molecule has 1 heterocycles. The summed E-state index contributed by atoms with van der Waals surface area (Å²) >= 11 is 0. The molecule has 0 unspecified atom stereocenters. The van der Waals surface area contributed by atoms with Gasteiger partial charge in [-0.25, -0.2) is 0 Å².